The molecule has 0 aromatic heterocycles. The van der Waals surface area contributed by atoms with Gasteiger partial charge in [-0.15, -0.1) is 0 Å². The standard InChI is InChI=1S/C9H18NO4.BrH/c11-6-7-9(13)8(12)5-10(7)1-3-14-4-2-10;/h7-9,11-13H,1-6H2;1H/q+1;/p-1/t7-,8-,9-;/m0./s1. The third kappa shape index (κ3) is 2.20. The monoisotopic (exact) mass is 283 g/mol. The third-order valence-electron chi connectivity index (χ3n) is 3.59. The molecule has 5 nitrogen and oxygen atoms in total. The first-order chi connectivity index (χ1) is 6.69. The van der Waals surface area contributed by atoms with E-state index in [9.17, 15) is 15.3 Å². The summed E-state index contributed by atoms with van der Waals surface area (Å²) in [4.78, 5) is 0. The molecule has 0 aromatic rings. The summed E-state index contributed by atoms with van der Waals surface area (Å²) < 4.78 is 5.87. The van der Waals surface area contributed by atoms with Gasteiger partial charge < -0.3 is 41.5 Å². The molecule has 0 radical (unpaired) electrons. The van der Waals surface area contributed by atoms with Crippen molar-refractivity contribution in [1.29, 1.82) is 0 Å². The Bertz CT molecular complexity index is 210. The van der Waals surface area contributed by atoms with E-state index in [0.717, 1.165) is 13.1 Å². The quantitative estimate of drug-likeness (QED) is 0.422. The maximum atomic E-state index is 9.71. The van der Waals surface area contributed by atoms with Crippen LogP contribution in [0.15, 0.2) is 0 Å². The Morgan fingerprint density at radius 1 is 1.20 bits per heavy atom. The van der Waals surface area contributed by atoms with Crippen LogP contribution in [-0.2, 0) is 4.74 Å². The van der Waals surface area contributed by atoms with Crippen molar-refractivity contribution in [1.82, 2.24) is 0 Å². The predicted octanol–water partition coefficient (Wildman–Crippen LogP) is -5.07. The Kier molecular flexibility index (Phi) is 4.51. The summed E-state index contributed by atoms with van der Waals surface area (Å²) in [6, 6.07) is -0.242. The van der Waals surface area contributed by atoms with Gasteiger partial charge in [-0.05, 0) is 0 Å². The molecule has 2 aliphatic heterocycles. The molecule has 3 atom stereocenters. The van der Waals surface area contributed by atoms with E-state index in [2.05, 4.69) is 0 Å². The molecule has 0 bridgehead atoms. The number of aliphatic hydroxyl groups is 3. The highest BCUT2D eigenvalue weighted by molar-refractivity contribution is 4.85. The Morgan fingerprint density at radius 2 is 1.80 bits per heavy atom. The highest BCUT2D eigenvalue weighted by Crippen LogP contribution is 2.28. The van der Waals surface area contributed by atoms with Crippen LogP contribution < -0.4 is 17.0 Å². The second-order valence-electron chi connectivity index (χ2n) is 4.27. The lowest BCUT2D eigenvalue weighted by Crippen LogP contribution is -3.00. The largest absolute Gasteiger partial charge is 1.00 e. The summed E-state index contributed by atoms with van der Waals surface area (Å²) in [6.07, 6.45) is -1.50. The number of ether oxygens (including phenoxy) is 1. The van der Waals surface area contributed by atoms with Gasteiger partial charge >= 0.3 is 0 Å². The van der Waals surface area contributed by atoms with Crippen molar-refractivity contribution in [2.45, 2.75) is 18.2 Å². The molecule has 3 N–H and O–H groups in total. The van der Waals surface area contributed by atoms with Crippen molar-refractivity contribution in [2.24, 2.45) is 0 Å². The zero-order chi connectivity index (χ0) is 10.2. The van der Waals surface area contributed by atoms with Crippen LogP contribution in [0.3, 0.4) is 0 Å². The third-order valence-corrected chi connectivity index (χ3v) is 3.59. The molecule has 2 aliphatic rings. The van der Waals surface area contributed by atoms with E-state index in [1.807, 2.05) is 0 Å². The molecule has 0 aliphatic carbocycles. The van der Waals surface area contributed by atoms with E-state index >= 15 is 0 Å². The van der Waals surface area contributed by atoms with E-state index in [1.165, 1.54) is 0 Å². The zero-order valence-corrected chi connectivity index (χ0v) is 10.1. The zero-order valence-electron chi connectivity index (χ0n) is 8.55. The number of nitrogens with zero attached hydrogens (tertiary/aromatic N) is 1. The average Bonchev–Trinajstić information content (AvgIpc) is 2.40. The van der Waals surface area contributed by atoms with Crippen LogP contribution in [0, 0.1) is 0 Å². The van der Waals surface area contributed by atoms with Crippen LogP contribution >= 0.6 is 0 Å². The normalized spacial score (nSPS) is 39.0. The minimum atomic E-state index is -0.793. The van der Waals surface area contributed by atoms with Gasteiger partial charge in [-0.1, -0.05) is 0 Å². The fraction of sp³-hybridized carbons (Fsp3) is 1.00. The molecule has 2 heterocycles. The summed E-state index contributed by atoms with van der Waals surface area (Å²) in [6.45, 7) is 3.32. The maximum Gasteiger partial charge on any atom is 0.142 e. The van der Waals surface area contributed by atoms with Gasteiger partial charge in [0.05, 0.1) is 19.8 Å². The van der Waals surface area contributed by atoms with Crippen molar-refractivity contribution in [3.05, 3.63) is 0 Å². The highest BCUT2D eigenvalue weighted by atomic mass is 79.9. The van der Waals surface area contributed by atoms with Gasteiger partial charge in [0, 0.05) is 0 Å². The number of rotatable bonds is 1. The molecule has 1 spiro atoms. The minimum absolute atomic E-state index is 0. The van der Waals surface area contributed by atoms with Crippen molar-refractivity contribution in [3.8, 4) is 0 Å². The maximum absolute atomic E-state index is 9.71. The second-order valence-corrected chi connectivity index (χ2v) is 4.27. The van der Waals surface area contributed by atoms with E-state index in [4.69, 9.17) is 4.74 Å². The van der Waals surface area contributed by atoms with Crippen LogP contribution in [0.25, 0.3) is 0 Å². The van der Waals surface area contributed by atoms with Crippen LogP contribution in [0.2, 0.25) is 0 Å². The Hall–Kier alpha value is 0.280. The number of hydrogen-bond acceptors (Lipinski definition) is 4. The van der Waals surface area contributed by atoms with Gasteiger partial charge in [0.25, 0.3) is 0 Å². The summed E-state index contributed by atoms with van der Waals surface area (Å²) in [7, 11) is 0. The first-order valence-corrected chi connectivity index (χ1v) is 5.10. The molecule has 2 rings (SSSR count). The topological polar surface area (TPSA) is 69.9 Å². The lowest BCUT2D eigenvalue weighted by Gasteiger charge is -2.42. The fourth-order valence-corrected chi connectivity index (χ4v) is 2.70. The fourth-order valence-electron chi connectivity index (χ4n) is 2.70. The number of morpholine rings is 1. The van der Waals surface area contributed by atoms with Gasteiger partial charge in [0.1, 0.15) is 37.9 Å². The molecule has 0 saturated carbocycles. The first-order valence-electron chi connectivity index (χ1n) is 5.10. The molecule has 15 heavy (non-hydrogen) atoms. The Morgan fingerprint density at radius 3 is 2.33 bits per heavy atom. The van der Waals surface area contributed by atoms with E-state index < -0.39 is 12.2 Å². The molecular formula is C9H18BrNO4. The van der Waals surface area contributed by atoms with Crippen LogP contribution in [0.5, 0.6) is 0 Å². The Balaban J connectivity index is 0.00000112. The smallest absolute Gasteiger partial charge is 0.142 e. The number of halogens is 1. The number of quaternary nitrogens is 1. The molecule has 0 aromatic carbocycles. The molecule has 90 valence electrons. The lowest BCUT2D eigenvalue weighted by atomic mass is 10.1. The second kappa shape index (κ2) is 5.07. The Labute approximate surface area is 99.6 Å². The van der Waals surface area contributed by atoms with Crippen LogP contribution in [0.4, 0.5) is 0 Å². The summed E-state index contributed by atoms with van der Waals surface area (Å²) in [5.74, 6) is 0. The summed E-state index contributed by atoms with van der Waals surface area (Å²) in [5.41, 5.74) is 0. The first kappa shape index (κ1) is 13.3. The van der Waals surface area contributed by atoms with Crippen molar-refractivity contribution in [2.75, 3.05) is 39.5 Å². The predicted molar refractivity (Wildman–Crippen MR) is 48.6 cm³/mol. The van der Waals surface area contributed by atoms with Crippen LogP contribution in [0.1, 0.15) is 0 Å². The molecule has 6 heteroatoms. The average molecular weight is 284 g/mol. The molecule has 2 saturated heterocycles. The van der Waals surface area contributed by atoms with Crippen LogP contribution in [-0.4, -0.2) is 77.5 Å². The molecule has 0 unspecified atom stereocenters. The number of hydrogen-bond donors (Lipinski definition) is 3. The summed E-state index contributed by atoms with van der Waals surface area (Å²) in [5, 5.41) is 28.6. The van der Waals surface area contributed by atoms with Gasteiger partial charge in [-0.2, -0.15) is 0 Å². The van der Waals surface area contributed by atoms with Crippen molar-refractivity contribution in [3.63, 3.8) is 0 Å². The van der Waals surface area contributed by atoms with Gasteiger partial charge in [0.15, 0.2) is 0 Å². The summed E-state index contributed by atoms with van der Waals surface area (Å²) >= 11 is 0. The van der Waals surface area contributed by atoms with Gasteiger partial charge in [0.2, 0.25) is 0 Å². The molecular weight excluding hydrogens is 266 g/mol. The minimum Gasteiger partial charge on any atom is -1.00 e. The van der Waals surface area contributed by atoms with Crippen molar-refractivity contribution >= 4 is 0 Å². The molecule has 0 amide bonds. The van der Waals surface area contributed by atoms with E-state index in [-0.39, 0.29) is 29.6 Å². The van der Waals surface area contributed by atoms with Crippen molar-refractivity contribution < 1.29 is 41.5 Å². The highest BCUT2D eigenvalue weighted by Gasteiger charge is 2.53. The van der Waals surface area contributed by atoms with E-state index in [1.54, 1.807) is 0 Å². The van der Waals surface area contributed by atoms with Gasteiger partial charge in [-0.3, -0.25) is 0 Å². The SMILES string of the molecule is OC[C@H]1[C@H](O)[C@@H](O)C[N+]12CCOCC2.[Br-]. The number of aliphatic hydroxyl groups excluding tert-OH is 3. The van der Waals surface area contributed by atoms with Gasteiger partial charge in [-0.25, -0.2) is 0 Å². The molecule has 2 fully saturated rings. The van der Waals surface area contributed by atoms with E-state index in [0.29, 0.717) is 24.2 Å². The lowest BCUT2D eigenvalue weighted by molar-refractivity contribution is -0.948.